The molecule has 1 N–H and O–H groups in total. The maximum absolute atomic E-state index is 14.7. The van der Waals surface area contributed by atoms with Gasteiger partial charge in [0.2, 0.25) is 6.79 Å². The molecular formula is C28H26Cl2FNO4. The van der Waals surface area contributed by atoms with Crippen molar-refractivity contribution < 1.29 is 23.4 Å². The van der Waals surface area contributed by atoms with Crippen molar-refractivity contribution in [2.24, 2.45) is 5.92 Å². The molecule has 8 heteroatoms. The summed E-state index contributed by atoms with van der Waals surface area (Å²) in [6.45, 7) is 2.30. The Kier molecular flexibility index (Phi) is 7.65. The summed E-state index contributed by atoms with van der Waals surface area (Å²) < 4.78 is 31.6. The van der Waals surface area contributed by atoms with Crippen LogP contribution in [-0.4, -0.2) is 32.3 Å². The fraction of sp³-hybridized carbons (Fsp3) is 0.321. The zero-order chi connectivity index (χ0) is 25.1. The third-order valence-corrected chi connectivity index (χ3v) is 7.51. The largest absolute Gasteiger partial charge is 0.493 e. The van der Waals surface area contributed by atoms with Gasteiger partial charge in [0.15, 0.2) is 17.3 Å². The first-order chi connectivity index (χ1) is 17.5. The van der Waals surface area contributed by atoms with E-state index in [1.54, 1.807) is 30.3 Å². The van der Waals surface area contributed by atoms with Gasteiger partial charge in [0.05, 0.1) is 12.2 Å². The Hall–Kier alpha value is -2.80. The van der Waals surface area contributed by atoms with Gasteiger partial charge in [0.1, 0.15) is 11.6 Å². The van der Waals surface area contributed by atoms with E-state index < -0.39 is 5.82 Å². The monoisotopic (exact) mass is 529 g/mol. The van der Waals surface area contributed by atoms with Crippen molar-refractivity contribution in [1.82, 2.24) is 5.32 Å². The van der Waals surface area contributed by atoms with Gasteiger partial charge < -0.3 is 19.5 Å². The van der Waals surface area contributed by atoms with Crippen molar-refractivity contribution in [3.8, 4) is 17.2 Å². The van der Waals surface area contributed by atoms with E-state index in [9.17, 15) is 9.18 Å². The fourth-order valence-corrected chi connectivity index (χ4v) is 5.42. The van der Waals surface area contributed by atoms with Gasteiger partial charge in [-0.15, -0.1) is 0 Å². The van der Waals surface area contributed by atoms with Crippen molar-refractivity contribution in [2.45, 2.75) is 25.2 Å². The first kappa shape index (κ1) is 24.9. The molecule has 1 fully saturated rings. The smallest absolute Gasteiger partial charge is 0.231 e. The minimum absolute atomic E-state index is 0.102. The number of carbonyl (C=O) groups excluding carboxylic acids is 1. The highest BCUT2D eigenvalue weighted by Gasteiger charge is 2.28. The minimum Gasteiger partial charge on any atom is -0.493 e. The summed E-state index contributed by atoms with van der Waals surface area (Å²) in [5.41, 5.74) is 1.74. The number of rotatable bonds is 8. The Labute approximate surface area is 219 Å². The predicted octanol–water partition coefficient (Wildman–Crippen LogP) is 6.45. The zero-order valence-electron chi connectivity index (χ0n) is 19.6. The van der Waals surface area contributed by atoms with Gasteiger partial charge in [-0.1, -0.05) is 35.3 Å². The quantitative estimate of drug-likeness (QED) is 0.340. The van der Waals surface area contributed by atoms with Crippen LogP contribution < -0.4 is 19.5 Å². The summed E-state index contributed by atoms with van der Waals surface area (Å²) >= 11 is 12.5. The van der Waals surface area contributed by atoms with Crippen LogP contribution in [0.2, 0.25) is 10.0 Å². The average Bonchev–Trinajstić information content (AvgIpc) is 3.35. The summed E-state index contributed by atoms with van der Waals surface area (Å²) in [4.78, 5) is 13.0. The molecule has 2 atom stereocenters. The molecule has 36 heavy (non-hydrogen) atoms. The van der Waals surface area contributed by atoms with Crippen LogP contribution in [-0.2, 0) is 6.42 Å². The van der Waals surface area contributed by atoms with Crippen molar-refractivity contribution in [1.29, 1.82) is 0 Å². The first-order valence-corrected chi connectivity index (χ1v) is 12.7. The highest BCUT2D eigenvalue weighted by atomic mass is 35.5. The number of piperidine rings is 1. The van der Waals surface area contributed by atoms with Crippen molar-refractivity contribution in [2.75, 3.05) is 26.5 Å². The number of ketones is 1. The number of carbonyl (C=O) groups is 1. The Balaban J connectivity index is 1.28. The lowest BCUT2D eigenvalue weighted by Gasteiger charge is -2.32. The average molecular weight is 530 g/mol. The summed E-state index contributed by atoms with van der Waals surface area (Å²) in [5.74, 6) is 1.58. The lowest BCUT2D eigenvalue weighted by Crippen LogP contribution is -2.38. The molecule has 1 saturated heterocycles. The molecule has 3 aromatic rings. The van der Waals surface area contributed by atoms with Gasteiger partial charge in [-0.25, -0.2) is 4.39 Å². The van der Waals surface area contributed by atoms with Gasteiger partial charge in [-0.2, -0.15) is 0 Å². The van der Waals surface area contributed by atoms with E-state index in [0.29, 0.717) is 45.9 Å². The second kappa shape index (κ2) is 11.1. The van der Waals surface area contributed by atoms with E-state index in [2.05, 4.69) is 5.32 Å². The Morgan fingerprint density at radius 1 is 1.06 bits per heavy atom. The van der Waals surface area contributed by atoms with Crippen LogP contribution in [0.3, 0.4) is 0 Å². The fourth-order valence-electron chi connectivity index (χ4n) is 4.84. The highest BCUT2D eigenvalue weighted by Crippen LogP contribution is 2.37. The molecule has 2 aliphatic heterocycles. The highest BCUT2D eigenvalue weighted by molar-refractivity contribution is 6.36. The van der Waals surface area contributed by atoms with E-state index in [0.717, 1.165) is 25.1 Å². The second-order valence-electron chi connectivity index (χ2n) is 9.05. The molecule has 0 spiro atoms. The maximum atomic E-state index is 14.7. The van der Waals surface area contributed by atoms with Crippen LogP contribution in [0.5, 0.6) is 17.2 Å². The lowest BCUT2D eigenvalue weighted by atomic mass is 9.80. The van der Waals surface area contributed by atoms with Crippen LogP contribution in [0, 0.1) is 11.7 Å². The molecule has 0 amide bonds. The number of halogens is 3. The Morgan fingerprint density at radius 3 is 2.69 bits per heavy atom. The van der Waals surface area contributed by atoms with Gasteiger partial charge in [-0.05, 0) is 72.8 Å². The summed E-state index contributed by atoms with van der Waals surface area (Å²) in [5, 5.41) is 4.43. The predicted molar refractivity (Wildman–Crippen MR) is 137 cm³/mol. The van der Waals surface area contributed by atoms with Gasteiger partial charge in [0, 0.05) is 35.0 Å². The van der Waals surface area contributed by atoms with Gasteiger partial charge >= 0.3 is 0 Å². The lowest BCUT2D eigenvalue weighted by molar-refractivity contribution is 0.0978. The number of hydrogen-bond donors (Lipinski definition) is 1. The Morgan fingerprint density at radius 2 is 1.86 bits per heavy atom. The number of benzene rings is 3. The number of nitrogens with one attached hydrogen (secondary N) is 1. The van der Waals surface area contributed by atoms with E-state index >= 15 is 0 Å². The summed E-state index contributed by atoms with van der Waals surface area (Å²) in [6.07, 6.45) is 1.33. The molecule has 0 bridgehead atoms. The van der Waals surface area contributed by atoms with Crippen LogP contribution in [0.15, 0.2) is 54.6 Å². The van der Waals surface area contributed by atoms with E-state index in [4.69, 9.17) is 37.4 Å². The molecular weight excluding hydrogens is 504 g/mol. The van der Waals surface area contributed by atoms with Gasteiger partial charge in [-0.3, -0.25) is 4.79 Å². The standard InChI is InChI=1S/C28H26Cl2FNO4/c29-23-2-1-3-24(30)21(23)6-8-26(33)22-12-17(4-7-25(22)31)20-10-11-32-14-18(20)15-34-19-5-9-27-28(13-19)36-16-35-27/h1-5,7,9,12-13,18,20,32H,6,8,10-11,14-16H2/t18-,20-/m0/s1. The third-order valence-electron chi connectivity index (χ3n) is 6.80. The molecule has 3 aromatic carbocycles. The third kappa shape index (κ3) is 5.46. The van der Waals surface area contributed by atoms with Gasteiger partial charge in [0.25, 0.3) is 0 Å². The first-order valence-electron chi connectivity index (χ1n) is 12.0. The summed E-state index contributed by atoms with van der Waals surface area (Å²) in [6, 6.07) is 15.6. The summed E-state index contributed by atoms with van der Waals surface area (Å²) in [7, 11) is 0. The second-order valence-corrected chi connectivity index (χ2v) is 9.86. The molecule has 0 aromatic heterocycles. The molecule has 0 unspecified atom stereocenters. The minimum atomic E-state index is -0.518. The van der Waals surface area contributed by atoms with Crippen LogP contribution in [0.25, 0.3) is 0 Å². The molecule has 0 aliphatic carbocycles. The maximum Gasteiger partial charge on any atom is 0.231 e. The molecule has 188 valence electrons. The zero-order valence-corrected chi connectivity index (χ0v) is 21.1. The topological polar surface area (TPSA) is 56.8 Å². The van der Waals surface area contributed by atoms with E-state index in [1.807, 2.05) is 18.2 Å². The number of Topliss-reactive ketones (excluding diaryl/α,β-unsaturated/α-hetero) is 1. The Bertz CT molecular complexity index is 1250. The van der Waals surface area contributed by atoms with E-state index in [-0.39, 0.29) is 36.4 Å². The molecule has 0 radical (unpaired) electrons. The number of fused-ring (bicyclic) bond motifs is 1. The van der Waals surface area contributed by atoms with Crippen LogP contribution >= 0.6 is 23.2 Å². The molecule has 5 nitrogen and oxygen atoms in total. The molecule has 2 heterocycles. The van der Waals surface area contributed by atoms with E-state index in [1.165, 1.54) is 6.07 Å². The van der Waals surface area contributed by atoms with Crippen LogP contribution in [0.1, 0.15) is 40.2 Å². The van der Waals surface area contributed by atoms with Crippen LogP contribution in [0.4, 0.5) is 4.39 Å². The molecule has 5 rings (SSSR count). The van der Waals surface area contributed by atoms with Crippen molar-refractivity contribution >= 4 is 29.0 Å². The normalized spacial score (nSPS) is 18.8. The van der Waals surface area contributed by atoms with Crippen molar-refractivity contribution in [3.63, 3.8) is 0 Å². The molecule has 2 aliphatic rings. The number of ether oxygens (including phenoxy) is 3. The van der Waals surface area contributed by atoms with Crippen molar-refractivity contribution in [3.05, 3.63) is 87.2 Å². The number of hydrogen-bond acceptors (Lipinski definition) is 5. The molecule has 0 saturated carbocycles. The SMILES string of the molecule is O=C(CCc1c(Cl)cccc1Cl)c1cc([C@@H]2CCNC[C@H]2COc2ccc3c(c2)OCO3)ccc1F.